The summed E-state index contributed by atoms with van der Waals surface area (Å²) in [5, 5.41) is 8.48. The summed E-state index contributed by atoms with van der Waals surface area (Å²) in [6, 6.07) is -0.761. The lowest BCUT2D eigenvalue weighted by Crippen LogP contribution is -2.30. The largest absolute Gasteiger partial charge is 0.480 e. The average molecular weight is 189 g/mol. The number of nitrogens with two attached hydrogens (primary N) is 1. The first-order chi connectivity index (χ1) is 5.83. The van der Waals surface area contributed by atoms with Crippen molar-refractivity contribution in [2.24, 2.45) is 5.73 Å². The van der Waals surface area contributed by atoms with E-state index in [2.05, 4.69) is 0 Å². The van der Waals surface area contributed by atoms with E-state index >= 15 is 0 Å². The van der Waals surface area contributed by atoms with Gasteiger partial charge in [-0.3, -0.25) is 4.79 Å². The summed E-state index contributed by atoms with van der Waals surface area (Å²) >= 11 is 0. The molecule has 0 saturated heterocycles. The fourth-order valence-corrected chi connectivity index (χ4v) is 0.805. The minimum absolute atomic E-state index is 0.159. The van der Waals surface area contributed by atoms with Gasteiger partial charge in [-0.1, -0.05) is 0 Å². The maximum atomic E-state index is 10.3. The Bertz CT molecular complexity index is 163. The summed E-state index contributed by atoms with van der Waals surface area (Å²) in [5.74, 6) is -0.948. The number of hydrogen-bond acceptors (Lipinski definition) is 3. The van der Waals surface area contributed by atoms with Gasteiger partial charge in [0.2, 0.25) is 0 Å². The van der Waals surface area contributed by atoms with Crippen molar-refractivity contribution in [1.29, 1.82) is 0 Å². The van der Waals surface area contributed by atoms with Gasteiger partial charge in [0.25, 0.3) is 0 Å². The molecule has 0 aromatic heterocycles. The Labute approximate surface area is 79.1 Å². The lowest BCUT2D eigenvalue weighted by atomic mass is 10.1. The fourth-order valence-electron chi connectivity index (χ4n) is 0.805. The molecule has 0 radical (unpaired) electrons. The maximum absolute atomic E-state index is 10.3. The highest BCUT2D eigenvalue weighted by molar-refractivity contribution is 5.72. The van der Waals surface area contributed by atoms with Crippen LogP contribution in [-0.4, -0.2) is 29.3 Å². The number of carboxylic acids is 1. The lowest BCUT2D eigenvalue weighted by molar-refractivity contribution is -0.138. The van der Waals surface area contributed by atoms with Crippen LogP contribution in [0, 0.1) is 0 Å². The van der Waals surface area contributed by atoms with Crippen molar-refractivity contribution in [3.8, 4) is 0 Å². The summed E-state index contributed by atoms with van der Waals surface area (Å²) in [6.07, 6.45) is 1.15. The minimum atomic E-state index is -0.948. The Kier molecular flexibility index (Phi) is 4.95. The first-order valence-corrected chi connectivity index (χ1v) is 4.45. The first-order valence-electron chi connectivity index (χ1n) is 4.45. The number of ether oxygens (including phenoxy) is 1. The fraction of sp³-hybridized carbons (Fsp3) is 0.889. The van der Waals surface area contributed by atoms with E-state index in [9.17, 15) is 4.79 Å². The number of hydrogen-bond donors (Lipinski definition) is 2. The smallest absolute Gasteiger partial charge is 0.320 e. The van der Waals surface area contributed by atoms with E-state index < -0.39 is 12.0 Å². The third kappa shape index (κ3) is 7.74. The second kappa shape index (κ2) is 5.19. The predicted octanol–water partition coefficient (Wildman–Crippen LogP) is 0.994. The van der Waals surface area contributed by atoms with Crippen molar-refractivity contribution in [1.82, 2.24) is 0 Å². The molecule has 78 valence electrons. The Morgan fingerprint density at radius 1 is 1.54 bits per heavy atom. The molecule has 0 aliphatic carbocycles. The molecule has 3 N–H and O–H groups in total. The van der Waals surface area contributed by atoms with Crippen LogP contribution in [0.1, 0.15) is 33.6 Å². The van der Waals surface area contributed by atoms with E-state index in [1.165, 1.54) is 0 Å². The third-order valence-electron chi connectivity index (χ3n) is 1.51. The van der Waals surface area contributed by atoms with Gasteiger partial charge in [0.15, 0.2) is 0 Å². The normalized spacial score (nSPS) is 14.2. The molecular weight excluding hydrogens is 170 g/mol. The van der Waals surface area contributed by atoms with Gasteiger partial charge in [-0.05, 0) is 33.6 Å². The first kappa shape index (κ1) is 12.4. The molecular formula is C9H19NO3. The Hall–Kier alpha value is -0.610. The van der Waals surface area contributed by atoms with Crippen LogP contribution in [-0.2, 0) is 9.53 Å². The van der Waals surface area contributed by atoms with Gasteiger partial charge in [0.05, 0.1) is 5.60 Å². The van der Waals surface area contributed by atoms with Gasteiger partial charge >= 0.3 is 5.97 Å². The van der Waals surface area contributed by atoms with Gasteiger partial charge in [-0.15, -0.1) is 0 Å². The van der Waals surface area contributed by atoms with Crippen molar-refractivity contribution in [3.63, 3.8) is 0 Å². The van der Waals surface area contributed by atoms with E-state index in [1.54, 1.807) is 0 Å². The summed E-state index contributed by atoms with van der Waals surface area (Å²) in [4.78, 5) is 10.3. The zero-order chi connectivity index (χ0) is 10.5. The van der Waals surface area contributed by atoms with Crippen LogP contribution in [0.2, 0.25) is 0 Å². The van der Waals surface area contributed by atoms with Crippen LogP contribution < -0.4 is 5.73 Å². The molecule has 0 bridgehead atoms. The highest BCUT2D eigenvalue weighted by Gasteiger charge is 2.12. The zero-order valence-corrected chi connectivity index (χ0v) is 8.54. The van der Waals surface area contributed by atoms with Crippen LogP contribution >= 0.6 is 0 Å². The number of rotatable bonds is 5. The monoisotopic (exact) mass is 189 g/mol. The molecule has 1 atom stereocenters. The van der Waals surface area contributed by atoms with Crippen LogP contribution in [0.3, 0.4) is 0 Å². The van der Waals surface area contributed by atoms with Gasteiger partial charge in [0, 0.05) is 6.61 Å². The molecule has 0 saturated carbocycles. The molecule has 0 amide bonds. The Morgan fingerprint density at radius 3 is 2.46 bits per heavy atom. The number of carboxylic acid groups (broad SMARTS) is 1. The summed E-state index contributed by atoms with van der Waals surface area (Å²) in [6.45, 7) is 6.45. The van der Waals surface area contributed by atoms with Crippen LogP contribution in [0.25, 0.3) is 0 Å². The molecule has 0 aromatic rings. The molecule has 0 aliphatic heterocycles. The van der Waals surface area contributed by atoms with Gasteiger partial charge < -0.3 is 15.6 Å². The molecule has 0 aromatic carbocycles. The number of aliphatic carboxylic acids is 1. The molecule has 4 nitrogen and oxygen atoms in total. The minimum Gasteiger partial charge on any atom is -0.480 e. The van der Waals surface area contributed by atoms with Gasteiger partial charge in [0.1, 0.15) is 6.04 Å². The van der Waals surface area contributed by atoms with Gasteiger partial charge in [-0.2, -0.15) is 0 Å². The predicted molar refractivity (Wildman–Crippen MR) is 50.6 cm³/mol. The molecule has 0 aliphatic rings. The van der Waals surface area contributed by atoms with Crippen molar-refractivity contribution in [2.45, 2.75) is 45.3 Å². The SMILES string of the molecule is CC(C)(C)OCCC[C@H](N)C(=O)O. The molecule has 0 spiro atoms. The molecule has 13 heavy (non-hydrogen) atoms. The Morgan fingerprint density at radius 2 is 2.08 bits per heavy atom. The molecule has 0 unspecified atom stereocenters. The lowest BCUT2D eigenvalue weighted by Gasteiger charge is -2.19. The second-order valence-electron chi connectivity index (χ2n) is 4.05. The third-order valence-corrected chi connectivity index (χ3v) is 1.51. The van der Waals surface area contributed by atoms with Crippen molar-refractivity contribution >= 4 is 5.97 Å². The van der Waals surface area contributed by atoms with E-state index in [4.69, 9.17) is 15.6 Å². The topological polar surface area (TPSA) is 72.5 Å². The van der Waals surface area contributed by atoms with Crippen molar-refractivity contribution in [2.75, 3.05) is 6.61 Å². The standard InChI is InChI=1S/C9H19NO3/c1-9(2,3)13-6-4-5-7(10)8(11)12/h7H,4-6,10H2,1-3H3,(H,11,12)/t7-/m0/s1. The highest BCUT2D eigenvalue weighted by atomic mass is 16.5. The van der Waals surface area contributed by atoms with E-state index in [0.717, 1.165) is 0 Å². The number of carbonyl (C=O) groups is 1. The van der Waals surface area contributed by atoms with Crippen LogP contribution in [0.15, 0.2) is 0 Å². The summed E-state index contributed by atoms with van der Waals surface area (Å²) in [5.41, 5.74) is 5.15. The van der Waals surface area contributed by atoms with Crippen LogP contribution in [0.4, 0.5) is 0 Å². The second-order valence-corrected chi connectivity index (χ2v) is 4.05. The van der Waals surface area contributed by atoms with E-state index in [-0.39, 0.29) is 5.60 Å². The average Bonchev–Trinajstić information content (AvgIpc) is 1.95. The van der Waals surface area contributed by atoms with Crippen LogP contribution in [0.5, 0.6) is 0 Å². The van der Waals surface area contributed by atoms with Gasteiger partial charge in [-0.25, -0.2) is 0 Å². The van der Waals surface area contributed by atoms with Crippen molar-refractivity contribution < 1.29 is 14.6 Å². The molecule has 0 heterocycles. The molecule has 4 heteroatoms. The maximum Gasteiger partial charge on any atom is 0.320 e. The molecule has 0 fully saturated rings. The van der Waals surface area contributed by atoms with Crippen molar-refractivity contribution in [3.05, 3.63) is 0 Å². The zero-order valence-electron chi connectivity index (χ0n) is 8.54. The summed E-state index contributed by atoms with van der Waals surface area (Å²) < 4.78 is 5.41. The van der Waals surface area contributed by atoms with E-state index in [1.807, 2.05) is 20.8 Å². The quantitative estimate of drug-likeness (QED) is 0.633. The summed E-state index contributed by atoms with van der Waals surface area (Å²) in [7, 11) is 0. The van der Waals surface area contributed by atoms with E-state index in [0.29, 0.717) is 19.4 Å². The highest BCUT2D eigenvalue weighted by Crippen LogP contribution is 2.08. The Balaban J connectivity index is 3.41. The molecule has 0 rings (SSSR count).